The molecule has 28 heavy (non-hydrogen) atoms. The van der Waals surface area contributed by atoms with Crippen molar-refractivity contribution in [3.05, 3.63) is 71.1 Å². The molecule has 6 nitrogen and oxygen atoms in total. The Bertz CT molecular complexity index is 1180. The maximum atomic E-state index is 6.27. The fourth-order valence-corrected chi connectivity index (χ4v) is 3.09. The van der Waals surface area contributed by atoms with Crippen LogP contribution in [0.4, 0.5) is 17.2 Å². The third kappa shape index (κ3) is 3.54. The molecule has 0 unspecified atom stereocenters. The number of aryl methyl sites for hydroxylation is 2. The van der Waals surface area contributed by atoms with Crippen molar-refractivity contribution < 1.29 is 4.74 Å². The van der Waals surface area contributed by atoms with Gasteiger partial charge < -0.3 is 15.8 Å². The molecule has 0 atom stereocenters. The van der Waals surface area contributed by atoms with Crippen molar-refractivity contribution in [3.8, 4) is 11.6 Å². The van der Waals surface area contributed by atoms with Gasteiger partial charge in [-0.15, -0.1) is 0 Å². The van der Waals surface area contributed by atoms with E-state index in [1.165, 1.54) is 6.33 Å². The molecule has 0 aliphatic carbocycles. The zero-order valence-corrected chi connectivity index (χ0v) is 16.2. The lowest BCUT2D eigenvalue weighted by Crippen LogP contribution is -2.04. The summed E-state index contributed by atoms with van der Waals surface area (Å²) < 4.78 is 6.01. The number of rotatable bonds is 4. The Morgan fingerprint density at radius 2 is 1.89 bits per heavy atom. The first-order valence-corrected chi connectivity index (χ1v) is 9.07. The molecule has 0 aliphatic heterocycles. The quantitative estimate of drug-likeness (QED) is 0.483. The SMILES string of the molecule is Cc1ccc2cccc(Oc3ncnc(Nc4ccc(Cl)cc4C)c3N)c2n1. The molecule has 7 heteroatoms. The minimum atomic E-state index is 0.264. The van der Waals surface area contributed by atoms with E-state index in [0.717, 1.165) is 27.8 Å². The summed E-state index contributed by atoms with van der Waals surface area (Å²) in [4.78, 5) is 13.0. The summed E-state index contributed by atoms with van der Waals surface area (Å²) in [7, 11) is 0. The van der Waals surface area contributed by atoms with Crippen LogP contribution in [0.25, 0.3) is 10.9 Å². The van der Waals surface area contributed by atoms with Gasteiger partial charge in [-0.05, 0) is 49.7 Å². The maximum Gasteiger partial charge on any atom is 0.248 e. The predicted octanol–water partition coefficient (Wildman–Crippen LogP) is 5.41. The van der Waals surface area contributed by atoms with Gasteiger partial charge in [-0.25, -0.2) is 9.97 Å². The Hall–Kier alpha value is -3.38. The summed E-state index contributed by atoms with van der Waals surface area (Å²) in [5.74, 6) is 1.31. The van der Waals surface area contributed by atoms with Gasteiger partial charge in [0.15, 0.2) is 11.6 Å². The number of halogens is 1. The first kappa shape index (κ1) is 18.0. The van der Waals surface area contributed by atoms with Crippen LogP contribution in [0.3, 0.4) is 0 Å². The lowest BCUT2D eigenvalue weighted by atomic mass is 10.2. The van der Waals surface area contributed by atoms with E-state index in [2.05, 4.69) is 20.3 Å². The van der Waals surface area contributed by atoms with Gasteiger partial charge in [0, 0.05) is 21.8 Å². The molecule has 4 aromatic rings. The molecule has 0 spiro atoms. The topological polar surface area (TPSA) is 86.0 Å². The molecule has 0 radical (unpaired) electrons. The largest absolute Gasteiger partial charge is 0.435 e. The zero-order valence-electron chi connectivity index (χ0n) is 15.4. The molecule has 140 valence electrons. The Morgan fingerprint density at radius 3 is 2.71 bits per heavy atom. The van der Waals surface area contributed by atoms with Crippen LogP contribution in [0.5, 0.6) is 11.6 Å². The maximum absolute atomic E-state index is 6.27. The summed E-state index contributed by atoms with van der Waals surface area (Å²) in [5, 5.41) is 4.86. The van der Waals surface area contributed by atoms with Crippen LogP contribution in [0, 0.1) is 13.8 Å². The van der Waals surface area contributed by atoms with Crippen molar-refractivity contribution in [2.45, 2.75) is 13.8 Å². The van der Waals surface area contributed by atoms with Gasteiger partial charge in [0.05, 0.1) is 0 Å². The van der Waals surface area contributed by atoms with Crippen molar-refractivity contribution in [3.63, 3.8) is 0 Å². The molecule has 0 fully saturated rings. The summed E-state index contributed by atoms with van der Waals surface area (Å²) in [6.07, 6.45) is 1.41. The minimum absolute atomic E-state index is 0.264. The van der Waals surface area contributed by atoms with Gasteiger partial charge in [-0.3, -0.25) is 0 Å². The highest BCUT2D eigenvalue weighted by Gasteiger charge is 2.13. The first-order valence-electron chi connectivity index (χ1n) is 8.69. The molecule has 0 amide bonds. The van der Waals surface area contributed by atoms with Crippen LogP contribution >= 0.6 is 11.6 Å². The average Bonchev–Trinajstić information content (AvgIpc) is 2.67. The number of pyridine rings is 1. The number of ether oxygens (including phenoxy) is 1. The number of nitrogen functional groups attached to an aromatic ring is 1. The normalized spacial score (nSPS) is 10.8. The van der Waals surface area contributed by atoms with E-state index >= 15 is 0 Å². The molecule has 2 aromatic carbocycles. The van der Waals surface area contributed by atoms with Crippen molar-refractivity contribution >= 4 is 39.7 Å². The van der Waals surface area contributed by atoms with E-state index in [1.807, 2.05) is 56.3 Å². The highest BCUT2D eigenvalue weighted by Crippen LogP contribution is 2.34. The predicted molar refractivity (Wildman–Crippen MR) is 112 cm³/mol. The summed E-state index contributed by atoms with van der Waals surface area (Å²) in [6, 6.07) is 15.2. The highest BCUT2D eigenvalue weighted by molar-refractivity contribution is 6.30. The number of nitrogens with zero attached hydrogens (tertiary/aromatic N) is 3. The van der Waals surface area contributed by atoms with Gasteiger partial charge >= 0.3 is 0 Å². The van der Waals surface area contributed by atoms with E-state index in [9.17, 15) is 0 Å². The third-order valence-electron chi connectivity index (χ3n) is 4.32. The third-order valence-corrected chi connectivity index (χ3v) is 4.55. The molecule has 3 N–H and O–H groups in total. The van der Waals surface area contributed by atoms with Crippen LogP contribution in [0.15, 0.2) is 54.9 Å². The Labute approximate surface area is 167 Å². The van der Waals surface area contributed by atoms with Crippen LogP contribution in [0.2, 0.25) is 5.02 Å². The molecule has 2 heterocycles. The lowest BCUT2D eigenvalue weighted by molar-refractivity contribution is 0.469. The van der Waals surface area contributed by atoms with E-state index in [4.69, 9.17) is 22.1 Å². The van der Waals surface area contributed by atoms with Crippen LogP contribution < -0.4 is 15.8 Å². The number of nitrogens with one attached hydrogen (secondary N) is 1. The summed E-state index contributed by atoms with van der Waals surface area (Å²) in [5.41, 5.74) is 10.1. The van der Waals surface area contributed by atoms with Gasteiger partial charge in [-0.1, -0.05) is 29.8 Å². The Morgan fingerprint density at radius 1 is 1.04 bits per heavy atom. The smallest absolute Gasteiger partial charge is 0.248 e. The number of hydrogen-bond donors (Lipinski definition) is 2. The minimum Gasteiger partial charge on any atom is -0.435 e. The first-order chi connectivity index (χ1) is 13.5. The van der Waals surface area contributed by atoms with Gasteiger partial charge in [-0.2, -0.15) is 4.98 Å². The van der Waals surface area contributed by atoms with Gasteiger partial charge in [0.2, 0.25) is 5.88 Å². The number of para-hydroxylation sites is 1. The highest BCUT2D eigenvalue weighted by atomic mass is 35.5. The number of benzene rings is 2. The second-order valence-electron chi connectivity index (χ2n) is 6.41. The number of aromatic nitrogens is 3. The number of anilines is 3. The van der Waals surface area contributed by atoms with Crippen LogP contribution in [-0.4, -0.2) is 15.0 Å². The van der Waals surface area contributed by atoms with E-state index in [0.29, 0.717) is 22.3 Å². The standard InChI is InChI=1S/C21H18ClN5O/c1-12-10-15(22)8-9-16(12)27-20-18(23)21(25-11-24-20)28-17-5-3-4-14-7-6-13(2)26-19(14)17/h3-11H,23H2,1-2H3,(H,24,25,27). The molecule has 0 saturated heterocycles. The molecule has 4 rings (SSSR count). The van der Waals surface area contributed by atoms with Crippen molar-refractivity contribution in [2.75, 3.05) is 11.1 Å². The molecule has 0 bridgehead atoms. The number of hydrogen-bond acceptors (Lipinski definition) is 6. The van der Waals surface area contributed by atoms with Crippen molar-refractivity contribution in [1.82, 2.24) is 15.0 Å². The summed E-state index contributed by atoms with van der Waals surface area (Å²) in [6.45, 7) is 3.89. The zero-order chi connectivity index (χ0) is 19.7. The monoisotopic (exact) mass is 391 g/mol. The molecule has 2 aromatic heterocycles. The second kappa shape index (κ2) is 7.32. The average molecular weight is 392 g/mol. The Kier molecular flexibility index (Phi) is 4.71. The molecule has 0 aliphatic rings. The Balaban J connectivity index is 1.69. The van der Waals surface area contributed by atoms with E-state index in [-0.39, 0.29) is 5.88 Å². The van der Waals surface area contributed by atoms with Gasteiger partial charge in [0.25, 0.3) is 0 Å². The fourth-order valence-electron chi connectivity index (χ4n) is 2.86. The van der Waals surface area contributed by atoms with Crippen LogP contribution in [0.1, 0.15) is 11.3 Å². The summed E-state index contributed by atoms with van der Waals surface area (Å²) >= 11 is 6.02. The van der Waals surface area contributed by atoms with Gasteiger partial charge in [0.1, 0.15) is 17.5 Å². The van der Waals surface area contributed by atoms with Crippen molar-refractivity contribution in [2.24, 2.45) is 0 Å². The molecular weight excluding hydrogens is 374 g/mol. The fraction of sp³-hybridized carbons (Fsp3) is 0.0952. The number of nitrogens with two attached hydrogens (primary N) is 1. The second-order valence-corrected chi connectivity index (χ2v) is 6.84. The van der Waals surface area contributed by atoms with Crippen molar-refractivity contribution in [1.29, 1.82) is 0 Å². The lowest BCUT2D eigenvalue weighted by Gasteiger charge is -2.14. The number of fused-ring (bicyclic) bond motifs is 1. The van der Waals surface area contributed by atoms with E-state index < -0.39 is 0 Å². The molecular formula is C21H18ClN5O. The van der Waals surface area contributed by atoms with E-state index in [1.54, 1.807) is 6.07 Å². The van der Waals surface area contributed by atoms with Crippen LogP contribution in [-0.2, 0) is 0 Å². The molecule has 0 saturated carbocycles.